The number of nitrogens with one attached hydrogen (secondary N) is 1. The van der Waals surface area contributed by atoms with Crippen LogP contribution in [0.2, 0.25) is 0 Å². The van der Waals surface area contributed by atoms with Gasteiger partial charge in [0.15, 0.2) is 17.5 Å². The number of halogens is 3. The van der Waals surface area contributed by atoms with Gasteiger partial charge in [0.05, 0.1) is 0 Å². The van der Waals surface area contributed by atoms with E-state index in [1.807, 2.05) is 6.07 Å². The smallest absolute Gasteiger partial charge is 0.195 e. The lowest BCUT2D eigenvalue weighted by Gasteiger charge is -2.08. The molecular formula is C16H16F3N. The molecule has 0 atom stereocenters. The number of hydrogen-bond donors (Lipinski definition) is 1. The van der Waals surface area contributed by atoms with Crippen LogP contribution in [-0.2, 0) is 6.54 Å². The van der Waals surface area contributed by atoms with Crippen molar-refractivity contribution in [3.63, 3.8) is 0 Å². The minimum atomic E-state index is -1.43. The maximum absolute atomic E-state index is 13.8. The molecule has 0 saturated carbocycles. The molecule has 1 nitrogen and oxygen atoms in total. The molecule has 2 aromatic carbocycles. The van der Waals surface area contributed by atoms with Crippen LogP contribution in [0, 0.1) is 17.5 Å². The zero-order valence-corrected chi connectivity index (χ0v) is 11.2. The van der Waals surface area contributed by atoms with Crippen molar-refractivity contribution in [1.29, 1.82) is 0 Å². The van der Waals surface area contributed by atoms with Crippen molar-refractivity contribution < 1.29 is 13.2 Å². The molecule has 4 heteroatoms. The van der Waals surface area contributed by atoms with Crippen LogP contribution in [0.3, 0.4) is 0 Å². The van der Waals surface area contributed by atoms with Gasteiger partial charge >= 0.3 is 0 Å². The van der Waals surface area contributed by atoms with Gasteiger partial charge in [0, 0.05) is 12.1 Å². The third-order valence-corrected chi connectivity index (χ3v) is 3.03. The lowest BCUT2D eigenvalue weighted by molar-refractivity contribution is 0.449. The summed E-state index contributed by atoms with van der Waals surface area (Å²) in [7, 11) is 0. The van der Waals surface area contributed by atoms with Crippen molar-refractivity contribution >= 4 is 0 Å². The summed E-state index contributed by atoms with van der Waals surface area (Å²) in [5.41, 5.74) is 1.58. The Balaban J connectivity index is 2.29. The van der Waals surface area contributed by atoms with Gasteiger partial charge in [-0.3, -0.25) is 0 Å². The number of benzene rings is 2. The molecule has 0 aliphatic carbocycles. The van der Waals surface area contributed by atoms with Crippen LogP contribution in [0.4, 0.5) is 13.2 Å². The molecule has 2 rings (SSSR count). The van der Waals surface area contributed by atoms with E-state index in [1.165, 1.54) is 6.07 Å². The molecule has 0 aromatic heterocycles. The van der Waals surface area contributed by atoms with Gasteiger partial charge in [0.2, 0.25) is 0 Å². The molecule has 0 amide bonds. The third-order valence-electron chi connectivity index (χ3n) is 3.03. The van der Waals surface area contributed by atoms with Crippen molar-refractivity contribution in [2.45, 2.75) is 19.9 Å². The molecule has 0 saturated heterocycles. The van der Waals surface area contributed by atoms with Gasteiger partial charge in [-0.2, -0.15) is 0 Å². The minimum absolute atomic E-state index is 0.0706. The van der Waals surface area contributed by atoms with E-state index in [1.54, 1.807) is 18.2 Å². The highest BCUT2D eigenvalue weighted by Gasteiger charge is 2.14. The van der Waals surface area contributed by atoms with Crippen LogP contribution < -0.4 is 5.32 Å². The molecule has 0 unspecified atom stereocenters. The molecule has 0 bridgehead atoms. The highest BCUT2D eigenvalue weighted by molar-refractivity contribution is 5.65. The van der Waals surface area contributed by atoms with Crippen molar-refractivity contribution in [2.24, 2.45) is 0 Å². The van der Waals surface area contributed by atoms with Crippen LogP contribution in [-0.4, -0.2) is 6.54 Å². The quantitative estimate of drug-likeness (QED) is 0.636. The summed E-state index contributed by atoms with van der Waals surface area (Å²) in [5.74, 6) is -3.76. The van der Waals surface area contributed by atoms with Gasteiger partial charge in [-0.25, -0.2) is 13.2 Å². The molecule has 0 aliphatic rings. The Bertz CT molecular complexity index is 596. The van der Waals surface area contributed by atoms with Gasteiger partial charge in [-0.15, -0.1) is 0 Å². The first-order chi connectivity index (χ1) is 9.63. The second-order valence-corrected chi connectivity index (χ2v) is 4.60. The first-order valence-corrected chi connectivity index (χ1v) is 6.57. The molecular weight excluding hydrogens is 263 g/mol. The van der Waals surface area contributed by atoms with Crippen molar-refractivity contribution in [3.05, 3.63) is 59.4 Å². The predicted molar refractivity (Wildman–Crippen MR) is 73.7 cm³/mol. The fourth-order valence-electron chi connectivity index (χ4n) is 2.01. The summed E-state index contributed by atoms with van der Waals surface area (Å²) in [5, 5.41) is 3.24. The molecule has 20 heavy (non-hydrogen) atoms. The molecule has 0 aliphatic heterocycles. The largest absolute Gasteiger partial charge is 0.313 e. The Hall–Kier alpha value is -1.81. The molecule has 0 fully saturated rings. The SMILES string of the molecule is CCCNCc1cccc(-c2ccc(F)c(F)c2F)c1. The Morgan fingerprint density at radius 3 is 2.55 bits per heavy atom. The Morgan fingerprint density at radius 2 is 1.80 bits per heavy atom. The highest BCUT2D eigenvalue weighted by Crippen LogP contribution is 2.26. The van der Waals surface area contributed by atoms with E-state index in [0.29, 0.717) is 12.1 Å². The normalized spacial score (nSPS) is 10.8. The standard InChI is InChI=1S/C16H16F3N/c1-2-8-20-10-11-4-3-5-12(9-11)13-6-7-14(17)16(19)15(13)18/h3-7,9,20H,2,8,10H2,1H3. The van der Waals surface area contributed by atoms with Crippen LogP contribution in [0.5, 0.6) is 0 Å². The van der Waals surface area contributed by atoms with Crippen molar-refractivity contribution in [3.8, 4) is 11.1 Å². The zero-order valence-electron chi connectivity index (χ0n) is 11.2. The monoisotopic (exact) mass is 279 g/mol. The Morgan fingerprint density at radius 1 is 1.00 bits per heavy atom. The highest BCUT2D eigenvalue weighted by atomic mass is 19.2. The third kappa shape index (κ3) is 3.20. The Labute approximate surface area is 116 Å². The molecule has 0 radical (unpaired) electrons. The number of rotatable bonds is 5. The molecule has 1 N–H and O–H groups in total. The Kier molecular flexibility index (Phi) is 4.79. The lowest BCUT2D eigenvalue weighted by Crippen LogP contribution is -2.13. The first-order valence-electron chi connectivity index (χ1n) is 6.57. The first kappa shape index (κ1) is 14.6. The van der Waals surface area contributed by atoms with Gasteiger partial charge in [0.1, 0.15) is 0 Å². The summed E-state index contributed by atoms with van der Waals surface area (Å²) in [4.78, 5) is 0. The second kappa shape index (κ2) is 6.57. The van der Waals surface area contributed by atoms with E-state index in [2.05, 4.69) is 12.2 Å². The topological polar surface area (TPSA) is 12.0 Å². The molecule has 2 aromatic rings. The van der Waals surface area contributed by atoms with Crippen molar-refractivity contribution in [2.75, 3.05) is 6.54 Å². The van der Waals surface area contributed by atoms with Crippen LogP contribution in [0.15, 0.2) is 36.4 Å². The van der Waals surface area contributed by atoms with Gasteiger partial charge < -0.3 is 5.32 Å². The minimum Gasteiger partial charge on any atom is -0.313 e. The van der Waals surface area contributed by atoms with Crippen LogP contribution >= 0.6 is 0 Å². The average Bonchev–Trinajstić information content (AvgIpc) is 2.46. The van der Waals surface area contributed by atoms with Gasteiger partial charge in [-0.05, 0) is 42.3 Å². The maximum atomic E-state index is 13.8. The summed E-state index contributed by atoms with van der Waals surface area (Å²) in [6, 6.07) is 9.34. The summed E-state index contributed by atoms with van der Waals surface area (Å²) in [6.45, 7) is 3.62. The van der Waals surface area contributed by atoms with Crippen LogP contribution in [0.1, 0.15) is 18.9 Å². The van der Waals surface area contributed by atoms with Gasteiger partial charge in [-0.1, -0.05) is 25.1 Å². The van der Waals surface area contributed by atoms with E-state index in [0.717, 1.165) is 24.6 Å². The van der Waals surface area contributed by atoms with Crippen molar-refractivity contribution in [1.82, 2.24) is 5.32 Å². The van der Waals surface area contributed by atoms with E-state index in [4.69, 9.17) is 0 Å². The molecule has 0 heterocycles. The molecule has 106 valence electrons. The van der Waals surface area contributed by atoms with E-state index in [9.17, 15) is 13.2 Å². The predicted octanol–water partition coefficient (Wildman–Crippen LogP) is 4.27. The van der Waals surface area contributed by atoms with E-state index < -0.39 is 17.5 Å². The fourth-order valence-corrected chi connectivity index (χ4v) is 2.01. The lowest BCUT2D eigenvalue weighted by atomic mass is 10.0. The zero-order chi connectivity index (χ0) is 14.5. The maximum Gasteiger partial charge on any atom is 0.195 e. The van der Waals surface area contributed by atoms with Gasteiger partial charge in [0.25, 0.3) is 0 Å². The molecule has 0 spiro atoms. The average molecular weight is 279 g/mol. The number of hydrogen-bond acceptors (Lipinski definition) is 1. The fraction of sp³-hybridized carbons (Fsp3) is 0.250. The van der Waals surface area contributed by atoms with Crippen LogP contribution in [0.25, 0.3) is 11.1 Å². The van der Waals surface area contributed by atoms with E-state index in [-0.39, 0.29) is 5.56 Å². The second-order valence-electron chi connectivity index (χ2n) is 4.60. The summed E-state index contributed by atoms with van der Waals surface area (Å²) in [6.07, 6.45) is 1.03. The summed E-state index contributed by atoms with van der Waals surface area (Å²) < 4.78 is 40.0. The summed E-state index contributed by atoms with van der Waals surface area (Å²) >= 11 is 0. The van der Waals surface area contributed by atoms with E-state index >= 15 is 0 Å².